The molecule has 0 radical (unpaired) electrons. The standard InChI is InChI=1S/C27H52O4S2/c1-6-11-12-13-14-25(23(9-4)15-21(7-2)17-30-26(28)19-32)24(10-5)16-22(8-3)18-31-27(29)20-33/h21-25,32-33H,6-20H2,1-5H3. The van der Waals surface area contributed by atoms with Gasteiger partial charge in [-0.05, 0) is 48.9 Å². The largest absolute Gasteiger partial charge is 0.465 e. The third kappa shape index (κ3) is 14.6. The van der Waals surface area contributed by atoms with Gasteiger partial charge in [-0.3, -0.25) is 9.59 Å². The van der Waals surface area contributed by atoms with E-state index in [1.54, 1.807) is 0 Å². The van der Waals surface area contributed by atoms with Crippen LogP contribution in [0.3, 0.4) is 0 Å². The molecule has 0 aromatic rings. The maximum Gasteiger partial charge on any atom is 0.315 e. The summed E-state index contributed by atoms with van der Waals surface area (Å²) in [5.41, 5.74) is 0. The summed E-state index contributed by atoms with van der Waals surface area (Å²) in [7, 11) is 0. The highest BCUT2D eigenvalue weighted by atomic mass is 32.1. The van der Waals surface area contributed by atoms with Crippen LogP contribution in [0, 0.1) is 29.6 Å². The van der Waals surface area contributed by atoms with E-state index in [1.807, 2.05) is 0 Å². The molecule has 0 heterocycles. The quantitative estimate of drug-likeness (QED) is 0.0971. The Labute approximate surface area is 215 Å². The zero-order valence-electron chi connectivity index (χ0n) is 22.0. The third-order valence-electron chi connectivity index (χ3n) is 7.30. The Bertz CT molecular complexity index is 463. The SMILES string of the molecule is CCCCCCC(C(CC)CC(CC)COC(=O)CS)C(CC)CC(CC)COC(=O)CS. The maximum atomic E-state index is 11.6. The Kier molecular flexibility index (Phi) is 20.7. The van der Waals surface area contributed by atoms with Gasteiger partial charge in [-0.2, -0.15) is 25.3 Å². The number of rotatable bonds is 21. The molecule has 4 nitrogen and oxygen atoms in total. The van der Waals surface area contributed by atoms with Crippen LogP contribution in [0.5, 0.6) is 0 Å². The third-order valence-corrected chi connectivity index (χ3v) is 7.81. The van der Waals surface area contributed by atoms with Crippen LogP contribution >= 0.6 is 25.3 Å². The molecule has 0 saturated carbocycles. The fourth-order valence-corrected chi connectivity index (χ4v) is 5.21. The lowest BCUT2D eigenvalue weighted by Crippen LogP contribution is -2.29. The molecule has 33 heavy (non-hydrogen) atoms. The molecule has 0 N–H and O–H groups in total. The van der Waals surface area contributed by atoms with E-state index in [4.69, 9.17) is 9.47 Å². The number of carbonyl (C=O) groups excluding carboxylic acids is 2. The van der Waals surface area contributed by atoms with Crippen molar-refractivity contribution >= 4 is 37.2 Å². The summed E-state index contributed by atoms with van der Waals surface area (Å²) in [6.45, 7) is 12.3. The summed E-state index contributed by atoms with van der Waals surface area (Å²) in [5.74, 6) is 2.51. The van der Waals surface area contributed by atoms with Gasteiger partial charge in [0, 0.05) is 0 Å². The maximum absolute atomic E-state index is 11.6. The van der Waals surface area contributed by atoms with Gasteiger partial charge in [0.1, 0.15) is 0 Å². The highest BCUT2D eigenvalue weighted by Crippen LogP contribution is 2.39. The van der Waals surface area contributed by atoms with Crippen molar-refractivity contribution in [2.75, 3.05) is 24.7 Å². The first kappa shape index (κ1) is 32.6. The first-order valence-corrected chi connectivity index (χ1v) is 14.7. The van der Waals surface area contributed by atoms with E-state index in [2.05, 4.69) is 59.9 Å². The van der Waals surface area contributed by atoms with Crippen LogP contribution in [0.4, 0.5) is 0 Å². The number of carbonyl (C=O) groups is 2. The molecule has 0 aliphatic carbocycles. The molecule has 0 aliphatic heterocycles. The van der Waals surface area contributed by atoms with Crippen LogP contribution in [0.2, 0.25) is 0 Å². The smallest absolute Gasteiger partial charge is 0.315 e. The minimum Gasteiger partial charge on any atom is -0.465 e. The zero-order valence-corrected chi connectivity index (χ0v) is 23.8. The van der Waals surface area contributed by atoms with Crippen LogP contribution in [0.1, 0.15) is 105 Å². The van der Waals surface area contributed by atoms with Crippen molar-refractivity contribution in [3.63, 3.8) is 0 Å². The molecule has 4 atom stereocenters. The Morgan fingerprint density at radius 2 is 1.12 bits per heavy atom. The molecule has 0 rings (SSSR count). The number of unbranched alkanes of at least 4 members (excludes halogenated alkanes) is 3. The fourth-order valence-electron chi connectivity index (χ4n) is 5.03. The van der Waals surface area contributed by atoms with Crippen molar-refractivity contribution in [3.8, 4) is 0 Å². The van der Waals surface area contributed by atoms with Crippen molar-refractivity contribution in [3.05, 3.63) is 0 Å². The van der Waals surface area contributed by atoms with E-state index >= 15 is 0 Å². The number of hydrogen-bond acceptors (Lipinski definition) is 6. The van der Waals surface area contributed by atoms with Gasteiger partial charge in [-0.25, -0.2) is 0 Å². The van der Waals surface area contributed by atoms with Gasteiger partial charge in [0.2, 0.25) is 0 Å². The second kappa shape index (κ2) is 21.0. The lowest BCUT2D eigenvalue weighted by atomic mass is 9.69. The van der Waals surface area contributed by atoms with Gasteiger partial charge in [-0.15, -0.1) is 0 Å². The monoisotopic (exact) mass is 504 g/mol. The van der Waals surface area contributed by atoms with Gasteiger partial charge in [0.15, 0.2) is 0 Å². The fraction of sp³-hybridized carbons (Fsp3) is 0.926. The molecule has 0 saturated heterocycles. The predicted octanol–water partition coefficient (Wildman–Crippen LogP) is 7.40. The second-order valence-electron chi connectivity index (χ2n) is 9.55. The van der Waals surface area contributed by atoms with Crippen LogP contribution < -0.4 is 0 Å². The van der Waals surface area contributed by atoms with E-state index in [0.29, 0.717) is 42.8 Å². The molecular formula is C27H52O4S2. The van der Waals surface area contributed by atoms with Crippen LogP contribution in [0.15, 0.2) is 0 Å². The van der Waals surface area contributed by atoms with E-state index in [1.165, 1.54) is 32.1 Å². The number of thiol groups is 2. The average Bonchev–Trinajstić information content (AvgIpc) is 2.84. The summed E-state index contributed by atoms with van der Waals surface area (Å²) in [6, 6.07) is 0. The van der Waals surface area contributed by atoms with Gasteiger partial charge in [-0.1, -0.05) is 86.0 Å². The van der Waals surface area contributed by atoms with E-state index in [-0.39, 0.29) is 23.4 Å². The van der Waals surface area contributed by atoms with E-state index in [9.17, 15) is 9.59 Å². The van der Waals surface area contributed by atoms with Crippen LogP contribution in [-0.4, -0.2) is 36.7 Å². The topological polar surface area (TPSA) is 52.6 Å². The average molecular weight is 505 g/mol. The lowest BCUT2D eigenvalue weighted by Gasteiger charge is -2.36. The molecule has 0 amide bonds. The zero-order chi connectivity index (χ0) is 25.1. The molecule has 0 aromatic carbocycles. The van der Waals surface area contributed by atoms with Gasteiger partial charge >= 0.3 is 11.9 Å². The minimum atomic E-state index is -0.228. The molecule has 196 valence electrons. The number of hydrogen-bond donors (Lipinski definition) is 2. The first-order valence-electron chi connectivity index (χ1n) is 13.4. The van der Waals surface area contributed by atoms with Crippen molar-refractivity contribution in [2.45, 2.75) is 105 Å². The molecule has 6 heteroatoms. The Morgan fingerprint density at radius 3 is 1.45 bits per heavy atom. The molecular weight excluding hydrogens is 452 g/mol. The first-order chi connectivity index (χ1) is 15.9. The molecule has 4 unspecified atom stereocenters. The summed E-state index contributed by atoms with van der Waals surface area (Å²) >= 11 is 8.06. The van der Waals surface area contributed by atoms with Gasteiger partial charge in [0.05, 0.1) is 24.7 Å². The van der Waals surface area contributed by atoms with Gasteiger partial charge < -0.3 is 9.47 Å². The predicted molar refractivity (Wildman–Crippen MR) is 146 cm³/mol. The van der Waals surface area contributed by atoms with E-state index in [0.717, 1.165) is 38.5 Å². The second-order valence-corrected chi connectivity index (χ2v) is 10.2. The lowest BCUT2D eigenvalue weighted by molar-refractivity contribution is -0.142. The Morgan fingerprint density at radius 1 is 0.667 bits per heavy atom. The normalized spacial score (nSPS) is 16.0. The molecule has 0 bridgehead atoms. The van der Waals surface area contributed by atoms with Crippen molar-refractivity contribution in [1.29, 1.82) is 0 Å². The van der Waals surface area contributed by atoms with Gasteiger partial charge in [0.25, 0.3) is 0 Å². The van der Waals surface area contributed by atoms with E-state index < -0.39 is 0 Å². The summed E-state index contributed by atoms with van der Waals surface area (Å²) in [4.78, 5) is 23.3. The number of esters is 2. The van der Waals surface area contributed by atoms with Crippen molar-refractivity contribution in [2.24, 2.45) is 29.6 Å². The van der Waals surface area contributed by atoms with Crippen molar-refractivity contribution < 1.29 is 19.1 Å². The Hall–Kier alpha value is -0.360. The van der Waals surface area contributed by atoms with Crippen molar-refractivity contribution in [1.82, 2.24) is 0 Å². The summed E-state index contributed by atoms with van der Waals surface area (Å²) < 4.78 is 10.9. The molecule has 0 aromatic heterocycles. The van der Waals surface area contributed by atoms with Crippen LogP contribution in [-0.2, 0) is 19.1 Å². The molecule has 0 spiro atoms. The minimum absolute atomic E-state index is 0.141. The summed E-state index contributed by atoms with van der Waals surface area (Å²) in [6.07, 6.45) is 12.9. The highest BCUT2D eigenvalue weighted by molar-refractivity contribution is 7.81. The Balaban J connectivity index is 5.39. The molecule has 0 aliphatic rings. The van der Waals surface area contributed by atoms with Crippen LogP contribution in [0.25, 0.3) is 0 Å². The number of ether oxygens (including phenoxy) is 2. The highest BCUT2D eigenvalue weighted by Gasteiger charge is 2.31. The summed E-state index contributed by atoms with van der Waals surface area (Å²) in [5, 5.41) is 0. The molecule has 0 fully saturated rings.